The van der Waals surface area contributed by atoms with Gasteiger partial charge in [0.25, 0.3) is 0 Å². The molecule has 1 aromatic rings. The van der Waals surface area contributed by atoms with Gasteiger partial charge in [-0.05, 0) is 56.6 Å². The molecule has 32 heavy (non-hydrogen) atoms. The number of hydrogen-bond donors (Lipinski definition) is 1. The van der Waals surface area contributed by atoms with Gasteiger partial charge in [0.05, 0.1) is 5.33 Å². The Morgan fingerprint density at radius 2 is 1.69 bits per heavy atom. The van der Waals surface area contributed by atoms with Gasteiger partial charge >= 0.3 is 6.09 Å². The Morgan fingerprint density at radius 1 is 1.09 bits per heavy atom. The third-order valence-electron chi connectivity index (χ3n) is 5.21. The number of carbonyl (C=O) groups excluding carboxylic acids is 2. The highest BCUT2D eigenvalue weighted by atomic mass is 79.9. The number of alkyl halides is 1. The zero-order chi connectivity index (χ0) is 24.6. The average Bonchev–Trinajstić information content (AvgIpc) is 2.65. The lowest BCUT2D eigenvalue weighted by molar-refractivity contribution is -0.127. The van der Waals surface area contributed by atoms with Crippen molar-refractivity contribution in [2.75, 3.05) is 25.0 Å². The van der Waals surface area contributed by atoms with E-state index >= 15 is 0 Å². The minimum absolute atomic E-state index is 0.0428. The first-order valence-corrected chi connectivity index (χ1v) is 14.9. The molecule has 0 radical (unpaired) electrons. The summed E-state index contributed by atoms with van der Waals surface area (Å²) in [4.78, 5) is 25.7. The monoisotopic (exact) mass is 526 g/mol. The van der Waals surface area contributed by atoms with E-state index in [1.54, 1.807) is 4.90 Å². The van der Waals surface area contributed by atoms with Crippen molar-refractivity contribution in [2.45, 2.75) is 65.3 Å². The molecule has 0 bridgehead atoms. The maximum absolute atomic E-state index is 12.2. The summed E-state index contributed by atoms with van der Waals surface area (Å²) in [6.45, 7) is 17.7. The van der Waals surface area contributed by atoms with Crippen LogP contribution in [0.25, 0.3) is 6.08 Å². The summed E-state index contributed by atoms with van der Waals surface area (Å²) in [5.41, 5.74) is 0.481. The summed E-state index contributed by atoms with van der Waals surface area (Å²) >= 11 is 3.22. The lowest BCUT2D eigenvalue weighted by Gasteiger charge is -2.36. The number of nitrogens with one attached hydrogen (secondary N) is 1. The molecule has 1 rings (SSSR count). The summed E-state index contributed by atoms with van der Waals surface area (Å²) in [6.07, 6.45) is 3.43. The molecule has 2 amide bonds. The molecule has 1 aromatic carbocycles. The zero-order valence-electron chi connectivity index (χ0n) is 20.8. The first kappa shape index (κ1) is 28.2. The van der Waals surface area contributed by atoms with E-state index in [0.29, 0.717) is 19.6 Å². The van der Waals surface area contributed by atoms with Crippen LogP contribution < -0.4 is 9.74 Å². The van der Waals surface area contributed by atoms with Gasteiger partial charge in [0.2, 0.25) is 14.2 Å². The maximum Gasteiger partial charge on any atom is 0.407 e. The van der Waals surface area contributed by atoms with Crippen LogP contribution in [-0.2, 0) is 9.53 Å². The summed E-state index contributed by atoms with van der Waals surface area (Å²) in [5, 5.41) is 3.06. The predicted octanol–water partition coefficient (Wildman–Crippen LogP) is 5.83. The van der Waals surface area contributed by atoms with E-state index in [-0.39, 0.29) is 16.3 Å². The molecule has 0 saturated heterocycles. The molecular formula is C24H39BrN2O4Si. The van der Waals surface area contributed by atoms with E-state index in [1.165, 1.54) is 0 Å². The van der Waals surface area contributed by atoms with Crippen molar-refractivity contribution in [3.8, 4) is 5.75 Å². The van der Waals surface area contributed by atoms with Crippen LogP contribution in [0.1, 0.15) is 47.1 Å². The average molecular weight is 528 g/mol. The van der Waals surface area contributed by atoms with Gasteiger partial charge in [0, 0.05) is 19.6 Å². The fraction of sp³-hybridized carbons (Fsp3) is 0.583. The third-order valence-corrected chi connectivity index (χ3v) is 10.1. The van der Waals surface area contributed by atoms with Gasteiger partial charge in [-0.25, -0.2) is 4.79 Å². The lowest BCUT2D eigenvalue weighted by atomic mass is 10.2. The van der Waals surface area contributed by atoms with Gasteiger partial charge in [-0.15, -0.1) is 0 Å². The SMILES string of the molecule is CC(C)(C)OC(=O)NCCN(C/C=C/c1ccc(O[Si](C)(C)C(C)(C)C)cc1)C(=O)CBr. The van der Waals surface area contributed by atoms with Crippen LogP contribution in [0.2, 0.25) is 18.1 Å². The molecule has 1 N–H and O–H groups in total. The Morgan fingerprint density at radius 3 is 2.19 bits per heavy atom. The van der Waals surface area contributed by atoms with Crippen LogP contribution in [0.15, 0.2) is 30.3 Å². The molecule has 0 saturated carbocycles. The number of carbonyl (C=O) groups is 2. The molecule has 0 aromatic heterocycles. The summed E-state index contributed by atoms with van der Waals surface area (Å²) < 4.78 is 11.5. The second-order valence-corrected chi connectivity index (χ2v) is 15.5. The normalized spacial score (nSPS) is 12.5. The van der Waals surface area contributed by atoms with E-state index in [0.717, 1.165) is 11.3 Å². The number of rotatable bonds is 9. The molecular weight excluding hydrogens is 488 g/mol. The van der Waals surface area contributed by atoms with Crippen LogP contribution in [-0.4, -0.2) is 55.8 Å². The molecule has 6 nitrogen and oxygen atoms in total. The molecule has 180 valence electrons. The van der Waals surface area contributed by atoms with E-state index < -0.39 is 20.0 Å². The molecule has 0 heterocycles. The number of halogens is 1. The number of alkyl carbamates (subject to hydrolysis) is 1. The van der Waals surface area contributed by atoms with Gasteiger partial charge in [-0.1, -0.05) is 61.0 Å². The fourth-order valence-corrected chi connectivity index (χ4v) is 3.81. The zero-order valence-corrected chi connectivity index (χ0v) is 23.3. The van der Waals surface area contributed by atoms with Crippen LogP contribution >= 0.6 is 15.9 Å². The van der Waals surface area contributed by atoms with Gasteiger partial charge in [-0.2, -0.15) is 0 Å². The first-order valence-electron chi connectivity index (χ1n) is 10.9. The number of benzene rings is 1. The Hall–Kier alpha value is -1.80. The smallest absolute Gasteiger partial charge is 0.407 e. The predicted molar refractivity (Wildman–Crippen MR) is 138 cm³/mol. The molecule has 0 atom stereocenters. The largest absolute Gasteiger partial charge is 0.544 e. The standard InChI is InChI=1S/C24H39BrN2O4Si/c1-23(2,3)30-22(29)26-15-17-27(21(28)18-25)16-9-10-19-11-13-20(14-12-19)31-32(7,8)24(4,5)6/h9-14H,15-18H2,1-8H3,(H,26,29)/b10-9+. The van der Waals surface area contributed by atoms with Gasteiger partial charge in [0.1, 0.15) is 11.4 Å². The van der Waals surface area contributed by atoms with Crippen molar-refractivity contribution >= 4 is 42.3 Å². The minimum atomic E-state index is -1.86. The van der Waals surface area contributed by atoms with E-state index in [4.69, 9.17) is 9.16 Å². The van der Waals surface area contributed by atoms with Crippen molar-refractivity contribution in [2.24, 2.45) is 0 Å². The molecule has 8 heteroatoms. The number of amides is 2. The summed E-state index contributed by atoms with van der Waals surface area (Å²) in [7, 11) is -1.86. The van der Waals surface area contributed by atoms with E-state index in [2.05, 4.69) is 55.1 Å². The highest BCUT2D eigenvalue weighted by Crippen LogP contribution is 2.37. The van der Waals surface area contributed by atoms with E-state index in [1.807, 2.05) is 57.2 Å². The Labute approximate surface area is 203 Å². The first-order chi connectivity index (χ1) is 14.6. The highest BCUT2D eigenvalue weighted by Gasteiger charge is 2.38. The molecule has 0 aliphatic rings. The molecule has 0 spiro atoms. The van der Waals surface area contributed by atoms with Gasteiger partial charge in [-0.3, -0.25) is 4.79 Å². The highest BCUT2D eigenvalue weighted by molar-refractivity contribution is 9.09. The summed E-state index contributed by atoms with van der Waals surface area (Å²) in [5.74, 6) is 0.844. The number of nitrogens with zero attached hydrogens (tertiary/aromatic N) is 1. The molecule has 0 aliphatic heterocycles. The van der Waals surface area contributed by atoms with Crippen molar-refractivity contribution in [3.63, 3.8) is 0 Å². The second kappa shape index (κ2) is 11.9. The second-order valence-electron chi connectivity index (χ2n) is 10.2. The Bertz CT molecular complexity index is 781. The van der Waals surface area contributed by atoms with Crippen molar-refractivity contribution in [1.82, 2.24) is 10.2 Å². The lowest BCUT2D eigenvalue weighted by Crippen LogP contribution is -2.43. The van der Waals surface area contributed by atoms with Crippen molar-refractivity contribution in [3.05, 3.63) is 35.9 Å². The topological polar surface area (TPSA) is 67.9 Å². The molecule has 0 aliphatic carbocycles. The third kappa shape index (κ3) is 10.2. The number of hydrogen-bond acceptors (Lipinski definition) is 4. The maximum atomic E-state index is 12.2. The quantitative estimate of drug-likeness (QED) is 0.324. The van der Waals surface area contributed by atoms with Crippen LogP contribution in [0, 0.1) is 0 Å². The van der Waals surface area contributed by atoms with Gasteiger partial charge in [0.15, 0.2) is 0 Å². The van der Waals surface area contributed by atoms with Crippen molar-refractivity contribution in [1.29, 1.82) is 0 Å². The Kier molecular flexibility index (Phi) is 10.5. The summed E-state index contributed by atoms with van der Waals surface area (Å²) in [6, 6.07) is 8.01. The van der Waals surface area contributed by atoms with Crippen LogP contribution in [0.4, 0.5) is 4.79 Å². The Balaban J connectivity index is 2.64. The fourth-order valence-electron chi connectivity index (χ4n) is 2.42. The van der Waals surface area contributed by atoms with E-state index in [9.17, 15) is 9.59 Å². The van der Waals surface area contributed by atoms with Crippen molar-refractivity contribution < 1.29 is 18.8 Å². The number of ether oxygens (including phenoxy) is 1. The molecule has 0 fully saturated rings. The molecule has 0 unspecified atom stereocenters. The van der Waals surface area contributed by atoms with Crippen LogP contribution in [0.5, 0.6) is 5.75 Å². The van der Waals surface area contributed by atoms with Gasteiger partial charge < -0.3 is 19.4 Å². The minimum Gasteiger partial charge on any atom is -0.544 e. The van der Waals surface area contributed by atoms with Crippen LogP contribution in [0.3, 0.4) is 0 Å².